The van der Waals surface area contributed by atoms with Crippen molar-refractivity contribution in [1.29, 1.82) is 0 Å². The lowest BCUT2D eigenvalue weighted by Gasteiger charge is -2.20. The Morgan fingerprint density at radius 3 is 2.57 bits per heavy atom. The van der Waals surface area contributed by atoms with Gasteiger partial charge in [0, 0.05) is 19.0 Å². The lowest BCUT2D eigenvalue weighted by atomic mass is 10.0. The van der Waals surface area contributed by atoms with E-state index in [0.29, 0.717) is 0 Å². The summed E-state index contributed by atoms with van der Waals surface area (Å²) in [5.41, 5.74) is 4.73. The summed E-state index contributed by atoms with van der Waals surface area (Å²) in [5, 5.41) is 8.72. The van der Waals surface area contributed by atoms with Crippen molar-refractivity contribution in [2.24, 2.45) is 25.1 Å². The maximum atomic E-state index is 12.5. The number of hydrazone groups is 1. The minimum Gasteiger partial charge on any atom is -0.344 e. The van der Waals surface area contributed by atoms with Crippen LogP contribution in [0.4, 0.5) is 0 Å². The number of hydrogen-bond donors (Lipinski definition) is 2. The SMILES string of the molecule is CC(C)C(NC(=O)Cc1cccs1)C(=O)N/N=C\c1ccc2c(c1)n(C)c(=O)n2C. The van der Waals surface area contributed by atoms with Crippen LogP contribution in [0.2, 0.25) is 0 Å². The Balaban J connectivity index is 1.65. The van der Waals surface area contributed by atoms with Gasteiger partial charge in [-0.25, -0.2) is 10.2 Å². The van der Waals surface area contributed by atoms with Crippen LogP contribution in [-0.4, -0.2) is 33.2 Å². The second-order valence-electron chi connectivity index (χ2n) is 7.43. The van der Waals surface area contributed by atoms with E-state index in [1.165, 1.54) is 17.6 Å². The molecule has 2 N–H and O–H groups in total. The second-order valence-corrected chi connectivity index (χ2v) is 8.46. The van der Waals surface area contributed by atoms with E-state index in [2.05, 4.69) is 15.8 Å². The van der Waals surface area contributed by atoms with Crippen molar-refractivity contribution in [3.63, 3.8) is 0 Å². The topological polar surface area (TPSA) is 97.5 Å². The molecule has 0 spiro atoms. The zero-order chi connectivity index (χ0) is 21.8. The Bertz CT molecular complexity index is 1140. The van der Waals surface area contributed by atoms with E-state index in [9.17, 15) is 14.4 Å². The van der Waals surface area contributed by atoms with Crippen LogP contribution in [0.25, 0.3) is 11.0 Å². The maximum absolute atomic E-state index is 12.5. The summed E-state index contributed by atoms with van der Waals surface area (Å²) in [6.45, 7) is 3.73. The molecule has 0 aliphatic rings. The number of thiophene rings is 1. The molecule has 0 aliphatic heterocycles. The van der Waals surface area contributed by atoms with Gasteiger partial charge in [0.2, 0.25) is 5.91 Å². The monoisotopic (exact) mass is 427 g/mol. The van der Waals surface area contributed by atoms with E-state index in [4.69, 9.17) is 0 Å². The third-order valence-electron chi connectivity index (χ3n) is 4.86. The van der Waals surface area contributed by atoms with Crippen molar-refractivity contribution in [3.05, 3.63) is 56.6 Å². The molecule has 158 valence electrons. The van der Waals surface area contributed by atoms with Gasteiger partial charge < -0.3 is 5.32 Å². The highest BCUT2D eigenvalue weighted by molar-refractivity contribution is 7.10. The Morgan fingerprint density at radius 1 is 1.17 bits per heavy atom. The third-order valence-corrected chi connectivity index (χ3v) is 5.74. The molecule has 1 unspecified atom stereocenters. The fourth-order valence-electron chi connectivity index (χ4n) is 3.17. The van der Waals surface area contributed by atoms with Crippen LogP contribution in [0.5, 0.6) is 0 Å². The smallest absolute Gasteiger partial charge is 0.328 e. The number of benzene rings is 1. The molecular weight excluding hydrogens is 402 g/mol. The van der Waals surface area contributed by atoms with Crippen LogP contribution in [0.1, 0.15) is 24.3 Å². The number of rotatable bonds is 7. The Kier molecular flexibility index (Phi) is 6.51. The quantitative estimate of drug-likeness (QED) is 0.444. The molecule has 2 aromatic heterocycles. The van der Waals surface area contributed by atoms with Gasteiger partial charge in [0.05, 0.1) is 23.7 Å². The number of nitrogens with one attached hydrogen (secondary N) is 2. The molecule has 8 nitrogen and oxygen atoms in total. The van der Waals surface area contributed by atoms with Gasteiger partial charge in [-0.2, -0.15) is 5.10 Å². The molecule has 0 saturated carbocycles. The summed E-state index contributed by atoms with van der Waals surface area (Å²) < 4.78 is 3.13. The first-order chi connectivity index (χ1) is 14.3. The zero-order valence-corrected chi connectivity index (χ0v) is 18.2. The zero-order valence-electron chi connectivity index (χ0n) is 17.4. The number of carbonyl (C=O) groups is 2. The second kappa shape index (κ2) is 9.08. The molecule has 0 saturated heterocycles. The number of carbonyl (C=O) groups excluding carboxylic acids is 2. The van der Waals surface area contributed by atoms with Gasteiger partial charge in [-0.05, 0) is 35.1 Å². The Hall–Kier alpha value is -3.20. The molecule has 1 aromatic carbocycles. The minimum atomic E-state index is -0.688. The molecule has 0 radical (unpaired) electrons. The lowest BCUT2D eigenvalue weighted by molar-refractivity contribution is -0.129. The summed E-state index contributed by atoms with van der Waals surface area (Å²) in [5.74, 6) is -0.678. The highest BCUT2D eigenvalue weighted by Gasteiger charge is 2.24. The lowest BCUT2D eigenvalue weighted by Crippen LogP contribution is -2.49. The summed E-state index contributed by atoms with van der Waals surface area (Å²) in [6.07, 6.45) is 1.76. The number of aryl methyl sites for hydroxylation is 2. The van der Waals surface area contributed by atoms with Gasteiger partial charge in [-0.3, -0.25) is 18.7 Å². The van der Waals surface area contributed by atoms with Crippen molar-refractivity contribution in [1.82, 2.24) is 19.9 Å². The van der Waals surface area contributed by atoms with Gasteiger partial charge >= 0.3 is 5.69 Å². The molecular formula is C21H25N5O3S. The molecule has 1 atom stereocenters. The molecule has 3 aromatic rings. The van der Waals surface area contributed by atoms with Crippen LogP contribution < -0.4 is 16.4 Å². The molecule has 3 rings (SSSR count). The highest BCUT2D eigenvalue weighted by atomic mass is 32.1. The molecule has 2 amide bonds. The largest absolute Gasteiger partial charge is 0.344 e. The van der Waals surface area contributed by atoms with Crippen molar-refractivity contribution >= 4 is 40.4 Å². The van der Waals surface area contributed by atoms with Gasteiger partial charge in [0.1, 0.15) is 6.04 Å². The fraction of sp³-hybridized carbons (Fsp3) is 0.333. The Labute approximate surface area is 178 Å². The van der Waals surface area contributed by atoms with Crippen LogP contribution >= 0.6 is 11.3 Å². The number of hydrogen-bond acceptors (Lipinski definition) is 5. The standard InChI is InChI=1S/C21H25N5O3S/c1-13(2)19(23-18(27)11-15-6-5-9-30-15)20(28)24-22-12-14-7-8-16-17(10-14)26(4)21(29)25(16)3/h5-10,12-13,19H,11H2,1-4H3,(H,23,27)(H,24,28)/b22-12-. The third kappa shape index (κ3) is 4.68. The first-order valence-corrected chi connectivity index (χ1v) is 10.5. The van der Waals surface area contributed by atoms with Crippen LogP contribution in [-0.2, 0) is 30.1 Å². The molecule has 0 aliphatic carbocycles. The van der Waals surface area contributed by atoms with Crippen LogP contribution in [0.15, 0.2) is 45.6 Å². The minimum absolute atomic E-state index is 0.0947. The van der Waals surface area contributed by atoms with E-state index in [1.54, 1.807) is 23.2 Å². The van der Waals surface area contributed by atoms with E-state index in [1.807, 2.05) is 49.6 Å². The summed E-state index contributed by atoms with van der Waals surface area (Å²) in [6, 6.07) is 8.57. The summed E-state index contributed by atoms with van der Waals surface area (Å²) >= 11 is 1.50. The van der Waals surface area contributed by atoms with Crippen LogP contribution in [0.3, 0.4) is 0 Å². The molecule has 0 fully saturated rings. The van der Waals surface area contributed by atoms with Crippen molar-refractivity contribution in [2.75, 3.05) is 0 Å². The first-order valence-electron chi connectivity index (χ1n) is 9.58. The van der Waals surface area contributed by atoms with Crippen LogP contribution in [0, 0.1) is 5.92 Å². The Morgan fingerprint density at radius 2 is 1.90 bits per heavy atom. The van der Waals surface area contributed by atoms with Gasteiger partial charge in [0.15, 0.2) is 0 Å². The van der Waals surface area contributed by atoms with E-state index in [0.717, 1.165) is 21.5 Å². The number of aromatic nitrogens is 2. The fourth-order valence-corrected chi connectivity index (χ4v) is 3.88. The summed E-state index contributed by atoms with van der Waals surface area (Å²) in [7, 11) is 3.43. The van der Waals surface area contributed by atoms with Crippen molar-refractivity contribution in [2.45, 2.75) is 26.3 Å². The maximum Gasteiger partial charge on any atom is 0.328 e. The number of nitrogens with zero attached hydrogens (tertiary/aromatic N) is 3. The molecule has 30 heavy (non-hydrogen) atoms. The predicted octanol–water partition coefficient (Wildman–Crippen LogP) is 1.77. The van der Waals surface area contributed by atoms with Crippen molar-refractivity contribution in [3.8, 4) is 0 Å². The molecule has 0 bridgehead atoms. The normalized spacial score (nSPS) is 12.6. The van der Waals surface area contributed by atoms with E-state index >= 15 is 0 Å². The van der Waals surface area contributed by atoms with Crippen molar-refractivity contribution < 1.29 is 9.59 Å². The predicted molar refractivity (Wildman–Crippen MR) is 119 cm³/mol. The number of imidazole rings is 1. The number of amides is 2. The first kappa shape index (κ1) is 21.5. The molecule has 2 heterocycles. The average molecular weight is 428 g/mol. The molecule has 9 heteroatoms. The van der Waals surface area contributed by atoms with E-state index in [-0.39, 0.29) is 29.8 Å². The van der Waals surface area contributed by atoms with E-state index < -0.39 is 6.04 Å². The summed E-state index contributed by atoms with van der Waals surface area (Å²) in [4.78, 5) is 37.8. The van der Waals surface area contributed by atoms with Gasteiger partial charge in [0.25, 0.3) is 5.91 Å². The average Bonchev–Trinajstić information content (AvgIpc) is 3.29. The highest BCUT2D eigenvalue weighted by Crippen LogP contribution is 2.13. The van der Waals surface area contributed by atoms with Gasteiger partial charge in [-0.1, -0.05) is 26.0 Å². The van der Waals surface area contributed by atoms with Gasteiger partial charge in [-0.15, -0.1) is 11.3 Å². The number of fused-ring (bicyclic) bond motifs is 1.